The van der Waals surface area contributed by atoms with E-state index >= 15 is 0 Å². The van der Waals surface area contributed by atoms with Crippen molar-refractivity contribution < 1.29 is 4.79 Å². The van der Waals surface area contributed by atoms with Gasteiger partial charge in [-0.1, -0.05) is 6.07 Å². The highest BCUT2D eigenvalue weighted by Crippen LogP contribution is 2.15. The molecule has 4 nitrogen and oxygen atoms in total. The number of nitrogens with one attached hydrogen (secondary N) is 2. The number of nitrogen functional groups attached to an aromatic ring is 1. The normalized spacial score (nSPS) is 14.6. The Labute approximate surface area is 82.5 Å². The summed E-state index contributed by atoms with van der Waals surface area (Å²) in [5, 5.41) is 3.26. The molecule has 1 heterocycles. The standard InChI is InChI=1S/C10H13N3O/c11-13-10(14)8-2-1-7-3-4-12-6-9(7)5-8/h1-2,5,12H,3-4,6,11H2,(H,13,14). The number of carbonyl (C=O) groups excluding carboxylic acids is 1. The number of rotatable bonds is 1. The number of hydrogen-bond donors (Lipinski definition) is 3. The summed E-state index contributed by atoms with van der Waals surface area (Å²) in [5.74, 6) is 4.83. The van der Waals surface area contributed by atoms with Gasteiger partial charge in [-0.05, 0) is 36.2 Å². The zero-order valence-corrected chi connectivity index (χ0v) is 7.84. The molecular weight excluding hydrogens is 178 g/mol. The SMILES string of the molecule is NNC(=O)c1ccc2c(c1)CNCC2. The Kier molecular flexibility index (Phi) is 2.47. The van der Waals surface area contributed by atoms with Gasteiger partial charge >= 0.3 is 0 Å². The molecule has 0 saturated heterocycles. The van der Waals surface area contributed by atoms with Crippen LogP contribution in [0, 0.1) is 0 Å². The summed E-state index contributed by atoms with van der Waals surface area (Å²) in [4.78, 5) is 11.2. The van der Waals surface area contributed by atoms with Gasteiger partial charge in [-0.25, -0.2) is 5.84 Å². The molecule has 0 aromatic heterocycles. The van der Waals surface area contributed by atoms with Gasteiger partial charge in [0.2, 0.25) is 0 Å². The molecule has 0 atom stereocenters. The predicted molar refractivity (Wildman–Crippen MR) is 53.5 cm³/mol. The van der Waals surface area contributed by atoms with Crippen LogP contribution in [0.15, 0.2) is 18.2 Å². The van der Waals surface area contributed by atoms with Gasteiger partial charge in [-0.2, -0.15) is 0 Å². The largest absolute Gasteiger partial charge is 0.312 e. The molecule has 0 spiro atoms. The van der Waals surface area contributed by atoms with Crippen LogP contribution in [0.2, 0.25) is 0 Å². The lowest BCUT2D eigenvalue weighted by Gasteiger charge is -2.17. The number of hydrazine groups is 1. The van der Waals surface area contributed by atoms with E-state index in [9.17, 15) is 4.79 Å². The molecule has 4 heteroatoms. The third kappa shape index (κ3) is 1.62. The monoisotopic (exact) mass is 191 g/mol. The Bertz CT molecular complexity index is 362. The first-order valence-electron chi connectivity index (χ1n) is 4.65. The molecule has 1 amide bonds. The van der Waals surface area contributed by atoms with E-state index in [1.54, 1.807) is 0 Å². The fourth-order valence-electron chi connectivity index (χ4n) is 1.71. The van der Waals surface area contributed by atoms with E-state index in [4.69, 9.17) is 5.84 Å². The number of amides is 1. The van der Waals surface area contributed by atoms with Crippen molar-refractivity contribution >= 4 is 5.91 Å². The van der Waals surface area contributed by atoms with Crippen LogP contribution in [0.3, 0.4) is 0 Å². The van der Waals surface area contributed by atoms with Gasteiger partial charge in [0.25, 0.3) is 5.91 Å². The molecule has 0 bridgehead atoms. The highest BCUT2D eigenvalue weighted by atomic mass is 16.2. The van der Waals surface area contributed by atoms with E-state index in [1.165, 1.54) is 11.1 Å². The Morgan fingerprint density at radius 2 is 2.29 bits per heavy atom. The summed E-state index contributed by atoms with van der Waals surface area (Å²) in [6, 6.07) is 5.71. The maximum absolute atomic E-state index is 11.2. The second-order valence-corrected chi connectivity index (χ2v) is 3.38. The van der Waals surface area contributed by atoms with Crippen molar-refractivity contribution in [2.75, 3.05) is 6.54 Å². The first-order valence-corrected chi connectivity index (χ1v) is 4.65. The van der Waals surface area contributed by atoms with Gasteiger partial charge in [-0.15, -0.1) is 0 Å². The molecule has 4 N–H and O–H groups in total. The molecular formula is C10H13N3O. The van der Waals surface area contributed by atoms with Crippen LogP contribution in [-0.2, 0) is 13.0 Å². The number of carbonyl (C=O) groups is 1. The fraction of sp³-hybridized carbons (Fsp3) is 0.300. The Morgan fingerprint density at radius 3 is 3.07 bits per heavy atom. The zero-order chi connectivity index (χ0) is 9.97. The van der Waals surface area contributed by atoms with Gasteiger partial charge in [0.05, 0.1) is 0 Å². The number of nitrogens with two attached hydrogens (primary N) is 1. The predicted octanol–water partition coefficient (Wildman–Crippen LogP) is -0.0642. The van der Waals surface area contributed by atoms with E-state index in [1.807, 2.05) is 18.2 Å². The zero-order valence-electron chi connectivity index (χ0n) is 7.84. The molecule has 2 rings (SSSR count). The van der Waals surface area contributed by atoms with Gasteiger partial charge in [0, 0.05) is 12.1 Å². The van der Waals surface area contributed by atoms with Crippen molar-refractivity contribution in [2.45, 2.75) is 13.0 Å². The minimum atomic E-state index is -0.238. The second-order valence-electron chi connectivity index (χ2n) is 3.38. The van der Waals surface area contributed by atoms with E-state index in [0.717, 1.165) is 19.5 Å². The Hall–Kier alpha value is -1.39. The summed E-state index contributed by atoms with van der Waals surface area (Å²) in [5.41, 5.74) is 5.26. The van der Waals surface area contributed by atoms with Crippen molar-refractivity contribution in [3.63, 3.8) is 0 Å². The summed E-state index contributed by atoms with van der Waals surface area (Å²) in [6.45, 7) is 1.84. The van der Waals surface area contributed by atoms with Crippen LogP contribution in [0.4, 0.5) is 0 Å². The molecule has 0 radical (unpaired) electrons. The van der Waals surface area contributed by atoms with E-state index in [0.29, 0.717) is 5.56 Å². The molecule has 1 aliphatic heterocycles. The lowest BCUT2D eigenvalue weighted by atomic mass is 9.98. The highest BCUT2D eigenvalue weighted by molar-refractivity contribution is 5.94. The Morgan fingerprint density at radius 1 is 1.43 bits per heavy atom. The molecule has 14 heavy (non-hydrogen) atoms. The van der Waals surface area contributed by atoms with Crippen LogP contribution in [0.5, 0.6) is 0 Å². The van der Waals surface area contributed by atoms with Crippen molar-refractivity contribution in [1.29, 1.82) is 0 Å². The molecule has 0 saturated carbocycles. The molecule has 1 aromatic rings. The van der Waals surface area contributed by atoms with Crippen molar-refractivity contribution in [3.05, 3.63) is 34.9 Å². The van der Waals surface area contributed by atoms with E-state index in [-0.39, 0.29) is 5.91 Å². The van der Waals surface area contributed by atoms with Gasteiger partial charge in [0.15, 0.2) is 0 Å². The maximum atomic E-state index is 11.2. The van der Waals surface area contributed by atoms with Gasteiger partial charge in [0.1, 0.15) is 0 Å². The van der Waals surface area contributed by atoms with E-state index < -0.39 is 0 Å². The van der Waals surface area contributed by atoms with Crippen LogP contribution in [0.25, 0.3) is 0 Å². The minimum Gasteiger partial charge on any atom is -0.312 e. The third-order valence-corrected chi connectivity index (χ3v) is 2.49. The topological polar surface area (TPSA) is 67.1 Å². The lowest BCUT2D eigenvalue weighted by Crippen LogP contribution is -2.30. The number of hydrogen-bond acceptors (Lipinski definition) is 3. The first kappa shape index (κ1) is 9.18. The van der Waals surface area contributed by atoms with Crippen LogP contribution in [0.1, 0.15) is 21.5 Å². The first-order chi connectivity index (χ1) is 6.81. The maximum Gasteiger partial charge on any atom is 0.265 e. The third-order valence-electron chi connectivity index (χ3n) is 2.49. The number of fused-ring (bicyclic) bond motifs is 1. The molecule has 0 fully saturated rings. The van der Waals surface area contributed by atoms with Gasteiger partial charge < -0.3 is 5.32 Å². The summed E-state index contributed by atoms with van der Waals surface area (Å²) in [6.07, 6.45) is 1.03. The average molecular weight is 191 g/mol. The van der Waals surface area contributed by atoms with E-state index in [2.05, 4.69) is 10.7 Å². The summed E-state index contributed by atoms with van der Waals surface area (Å²) >= 11 is 0. The van der Waals surface area contributed by atoms with Crippen molar-refractivity contribution in [3.8, 4) is 0 Å². The second kappa shape index (κ2) is 3.77. The average Bonchev–Trinajstić information content (AvgIpc) is 2.27. The summed E-state index contributed by atoms with van der Waals surface area (Å²) < 4.78 is 0. The smallest absolute Gasteiger partial charge is 0.265 e. The number of benzene rings is 1. The Balaban J connectivity index is 2.33. The molecule has 0 unspecified atom stereocenters. The van der Waals surface area contributed by atoms with Crippen LogP contribution < -0.4 is 16.6 Å². The van der Waals surface area contributed by atoms with Gasteiger partial charge in [-0.3, -0.25) is 10.2 Å². The van der Waals surface area contributed by atoms with Crippen molar-refractivity contribution in [2.24, 2.45) is 5.84 Å². The highest BCUT2D eigenvalue weighted by Gasteiger charge is 2.11. The minimum absolute atomic E-state index is 0.238. The summed E-state index contributed by atoms with van der Waals surface area (Å²) in [7, 11) is 0. The molecule has 1 aliphatic rings. The molecule has 1 aromatic carbocycles. The lowest BCUT2D eigenvalue weighted by molar-refractivity contribution is 0.0953. The quantitative estimate of drug-likeness (QED) is 0.331. The fourth-order valence-corrected chi connectivity index (χ4v) is 1.71. The molecule has 74 valence electrons. The van der Waals surface area contributed by atoms with Crippen LogP contribution in [-0.4, -0.2) is 12.5 Å². The molecule has 0 aliphatic carbocycles. The van der Waals surface area contributed by atoms with Crippen molar-refractivity contribution in [1.82, 2.24) is 10.7 Å². The van der Waals surface area contributed by atoms with Crippen LogP contribution >= 0.6 is 0 Å².